The van der Waals surface area contributed by atoms with Gasteiger partial charge in [0.1, 0.15) is 36.3 Å². The van der Waals surface area contributed by atoms with Crippen LogP contribution in [0.3, 0.4) is 0 Å². The highest BCUT2D eigenvalue weighted by molar-refractivity contribution is 6.37. The standard InChI is InChI=1S/C15H12F2N4O3.C10H4ClN3O2.C5H9F2NO/c1-18-9-2-3-11-10(6-9)14(12(7-19-11)21(22)23)20-13-4-5-24-8-15(13,16)17;1-12-6-2-3-8-7(4-6)10(11)9(5-13-8)14(15)16;6-5(7)3-9-2-1-4(5)8/h2-3,6-7,13H,4-5,8H2,(H,19,20);2-5H;4H,1-3,8H2. The van der Waals surface area contributed by atoms with Crippen LogP contribution in [0.25, 0.3) is 31.5 Å². The minimum Gasteiger partial charge on any atom is -0.375 e. The summed E-state index contributed by atoms with van der Waals surface area (Å²) in [7, 11) is 0. The monoisotopic (exact) mass is 704 g/mol. The van der Waals surface area contributed by atoms with E-state index < -0.39 is 52.7 Å². The average molecular weight is 705 g/mol. The molecule has 0 spiro atoms. The SMILES string of the molecule is NC1CCOCC1(F)F.[C-]#[N+]c1ccc2ncc([N+](=O)[O-])c(Cl)c2c1.[C-]#[N+]c1ccc2ncc([N+](=O)[O-])c(NC3CCOCC3(F)F)c2c1. The Labute approximate surface area is 279 Å². The molecule has 256 valence electrons. The van der Waals surface area contributed by atoms with E-state index in [0.29, 0.717) is 28.7 Å². The lowest BCUT2D eigenvalue weighted by Crippen LogP contribution is -2.48. The van der Waals surface area contributed by atoms with Crippen molar-refractivity contribution in [3.63, 3.8) is 0 Å². The molecule has 4 heterocycles. The predicted molar refractivity (Wildman–Crippen MR) is 170 cm³/mol. The van der Waals surface area contributed by atoms with Crippen molar-refractivity contribution in [2.75, 3.05) is 31.7 Å². The Bertz CT molecular complexity index is 1970. The Kier molecular flexibility index (Phi) is 11.4. The van der Waals surface area contributed by atoms with Gasteiger partial charge in [0.2, 0.25) is 0 Å². The van der Waals surface area contributed by atoms with Crippen molar-refractivity contribution in [2.24, 2.45) is 5.73 Å². The quantitative estimate of drug-likeness (QED) is 0.0952. The number of ether oxygens (including phenoxy) is 2. The van der Waals surface area contributed by atoms with Gasteiger partial charge in [0.25, 0.3) is 11.8 Å². The zero-order chi connectivity index (χ0) is 35.9. The molecule has 0 saturated carbocycles. The molecule has 2 unspecified atom stereocenters. The summed E-state index contributed by atoms with van der Waals surface area (Å²) in [4.78, 5) is 35.0. The largest absolute Gasteiger partial charge is 0.375 e. The van der Waals surface area contributed by atoms with Crippen molar-refractivity contribution in [3.8, 4) is 0 Å². The van der Waals surface area contributed by atoms with E-state index in [1.165, 1.54) is 24.3 Å². The lowest BCUT2D eigenvalue weighted by atomic mass is 10.0. The Morgan fingerprint density at radius 1 is 0.857 bits per heavy atom. The molecular weight excluding hydrogens is 680 g/mol. The van der Waals surface area contributed by atoms with E-state index in [-0.39, 0.29) is 46.9 Å². The van der Waals surface area contributed by atoms with Crippen LogP contribution < -0.4 is 11.1 Å². The Morgan fingerprint density at radius 2 is 1.37 bits per heavy atom. The fraction of sp³-hybridized carbons (Fsp3) is 0.333. The van der Waals surface area contributed by atoms with Crippen LogP contribution in [0.1, 0.15) is 12.8 Å². The highest BCUT2D eigenvalue weighted by Crippen LogP contribution is 2.38. The highest BCUT2D eigenvalue weighted by Gasteiger charge is 2.43. The zero-order valence-electron chi connectivity index (χ0n) is 25.1. The van der Waals surface area contributed by atoms with Gasteiger partial charge in [0.15, 0.2) is 11.4 Å². The van der Waals surface area contributed by atoms with Gasteiger partial charge in [-0.25, -0.2) is 37.2 Å². The fourth-order valence-corrected chi connectivity index (χ4v) is 4.94. The predicted octanol–water partition coefficient (Wildman–Crippen LogP) is 7.25. The number of anilines is 1. The second-order valence-electron chi connectivity index (χ2n) is 10.6. The van der Waals surface area contributed by atoms with Crippen LogP contribution in [0.4, 0.5) is 46.0 Å². The molecular formula is C30H25ClF4N8O6. The molecule has 2 aromatic heterocycles. The van der Waals surface area contributed by atoms with Gasteiger partial charge >= 0.3 is 11.4 Å². The van der Waals surface area contributed by atoms with Crippen molar-refractivity contribution in [3.05, 3.63) is 96.9 Å². The average Bonchev–Trinajstić information content (AvgIpc) is 3.07. The van der Waals surface area contributed by atoms with E-state index in [9.17, 15) is 37.8 Å². The first-order valence-corrected chi connectivity index (χ1v) is 14.5. The lowest BCUT2D eigenvalue weighted by Gasteiger charge is -2.32. The van der Waals surface area contributed by atoms with Gasteiger partial charge in [0.05, 0.1) is 46.1 Å². The molecule has 0 bridgehead atoms. The normalized spacial score (nSPS) is 19.2. The first kappa shape index (κ1) is 36.6. The minimum atomic E-state index is -3.15. The summed E-state index contributed by atoms with van der Waals surface area (Å²) < 4.78 is 62.0. The van der Waals surface area contributed by atoms with Crippen LogP contribution in [0.5, 0.6) is 0 Å². The number of rotatable bonds is 4. The summed E-state index contributed by atoms with van der Waals surface area (Å²) in [5, 5.41) is 25.2. The molecule has 2 saturated heterocycles. The minimum absolute atomic E-state index is 0.0104. The number of hydrogen-bond donors (Lipinski definition) is 2. The van der Waals surface area contributed by atoms with E-state index in [1.54, 1.807) is 12.1 Å². The number of fused-ring (bicyclic) bond motifs is 2. The van der Waals surface area contributed by atoms with Crippen molar-refractivity contribution < 1.29 is 36.9 Å². The summed E-state index contributed by atoms with van der Waals surface area (Å²) in [6.45, 7) is 13.1. The van der Waals surface area contributed by atoms with Crippen LogP contribution in [0, 0.1) is 33.4 Å². The number of benzene rings is 2. The van der Waals surface area contributed by atoms with Gasteiger partial charge in [-0.3, -0.25) is 20.2 Å². The van der Waals surface area contributed by atoms with Gasteiger partial charge in [-0.15, -0.1) is 0 Å². The van der Waals surface area contributed by atoms with Crippen LogP contribution in [0.15, 0.2) is 48.8 Å². The number of hydrogen-bond acceptors (Lipinski definition) is 10. The molecule has 3 N–H and O–H groups in total. The molecule has 2 atom stereocenters. The van der Waals surface area contributed by atoms with Crippen LogP contribution in [0.2, 0.25) is 5.02 Å². The van der Waals surface area contributed by atoms with Gasteiger partial charge in [-0.1, -0.05) is 23.7 Å². The van der Waals surface area contributed by atoms with Crippen molar-refractivity contribution >= 4 is 61.8 Å². The smallest absolute Gasteiger partial charge is 0.311 e. The zero-order valence-corrected chi connectivity index (χ0v) is 25.9. The number of halogens is 5. The molecule has 2 aromatic carbocycles. The van der Waals surface area contributed by atoms with Crippen LogP contribution >= 0.6 is 11.6 Å². The third-order valence-electron chi connectivity index (χ3n) is 7.33. The molecule has 2 aliphatic rings. The Morgan fingerprint density at radius 3 is 1.86 bits per heavy atom. The first-order chi connectivity index (χ1) is 23.2. The number of nitro groups is 2. The molecule has 6 rings (SSSR count). The van der Waals surface area contributed by atoms with Crippen molar-refractivity contribution in [1.82, 2.24) is 9.97 Å². The number of nitrogens with two attached hydrogens (primary N) is 1. The Hall–Kier alpha value is -5.27. The van der Waals surface area contributed by atoms with E-state index in [4.69, 9.17) is 35.2 Å². The third kappa shape index (κ3) is 8.61. The van der Waals surface area contributed by atoms with Crippen LogP contribution in [-0.4, -0.2) is 70.2 Å². The molecule has 19 heteroatoms. The molecule has 49 heavy (non-hydrogen) atoms. The molecule has 4 aromatic rings. The summed E-state index contributed by atoms with van der Waals surface area (Å²) in [6, 6.07) is 6.83. The van der Waals surface area contributed by atoms with E-state index >= 15 is 0 Å². The fourth-order valence-electron chi connectivity index (χ4n) is 4.67. The maximum absolute atomic E-state index is 14.0. The highest BCUT2D eigenvalue weighted by atomic mass is 35.5. The topological polar surface area (TPSA) is 177 Å². The summed E-state index contributed by atoms with van der Waals surface area (Å²) >= 11 is 5.88. The molecule has 2 fully saturated rings. The number of alkyl halides is 4. The molecule has 0 radical (unpaired) electrons. The van der Waals surface area contributed by atoms with Gasteiger partial charge in [0, 0.05) is 24.0 Å². The van der Waals surface area contributed by atoms with Gasteiger partial charge in [-0.05, 0) is 37.1 Å². The maximum Gasteiger partial charge on any atom is 0.311 e. The Balaban J connectivity index is 0.000000185. The molecule has 0 amide bonds. The number of pyridine rings is 2. The second kappa shape index (κ2) is 15.3. The number of nitrogens with zero attached hydrogens (tertiary/aromatic N) is 6. The lowest BCUT2D eigenvalue weighted by molar-refractivity contribution is -0.384. The van der Waals surface area contributed by atoms with Gasteiger partial charge < -0.3 is 20.5 Å². The van der Waals surface area contributed by atoms with Crippen molar-refractivity contribution in [2.45, 2.75) is 36.8 Å². The number of aromatic nitrogens is 2. The summed E-state index contributed by atoms with van der Waals surface area (Å²) in [5.74, 6) is -5.96. The molecule has 14 nitrogen and oxygen atoms in total. The molecule has 0 aliphatic carbocycles. The third-order valence-corrected chi connectivity index (χ3v) is 7.73. The summed E-state index contributed by atoms with van der Waals surface area (Å²) in [5.41, 5.74) is 5.89. The number of nitrogens with one attached hydrogen (secondary N) is 1. The van der Waals surface area contributed by atoms with Crippen LogP contribution in [-0.2, 0) is 9.47 Å². The second-order valence-corrected chi connectivity index (χ2v) is 11.0. The summed E-state index contributed by atoms with van der Waals surface area (Å²) in [6.07, 6.45) is 2.41. The maximum atomic E-state index is 14.0. The van der Waals surface area contributed by atoms with Gasteiger partial charge in [-0.2, -0.15) is 0 Å². The molecule has 2 aliphatic heterocycles. The van der Waals surface area contributed by atoms with Crippen molar-refractivity contribution in [1.29, 1.82) is 0 Å². The van der Waals surface area contributed by atoms with E-state index in [2.05, 4.69) is 29.7 Å². The first-order valence-electron chi connectivity index (χ1n) is 14.2. The van der Waals surface area contributed by atoms with E-state index in [1.807, 2.05) is 0 Å². The van der Waals surface area contributed by atoms with E-state index in [0.717, 1.165) is 12.4 Å².